The molecule has 23 heavy (non-hydrogen) atoms. The highest BCUT2D eigenvalue weighted by Gasteiger charge is 2.50. The molecule has 1 aromatic heterocycles. The van der Waals surface area contributed by atoms with Crippen LogP contribution in [0, 0.1) is 12.3 Å². The van der Waals surface area contributed by atoms with E-state index in [1.54, 1.807) is 23.2 Å². The first-order valence-corrected chi connectivity index (χ1v) is 7.73. The van der Waals surface area contributed by atoms with Crippen molar-refractivity contribution < 1.29 is 9.53 Å². The Bertz CT molecular complexity index is 801. The van der Waals surface area contributed by atoms with Gasteiger partial charge in [0.25, 0.3) is 0 Å². The number of carbonyl (C=O) groups is 1. The first-order valence-electron chi connectivity index (χ1n) is 7.73. The normalized spacial score (nSPS) is 18.4. The van der Waals surface area contributed by atoms with Crippen LogP contribution in [0.3, 0.4) is 0 Å². The number of benzene rings is 1. The van der Waals surface area contributed by atoms with Crippen molar-refractivity contribution in [1.29, 1.82) is 0 Å². The van der Waals surface area contributed by atoms with Gasteiger partial charge in [-0.1, -0.05) is 24.1 Å². The maximum atomic E-state index is 11.8. The maximum absolute atomic E-state index is 11.8. The molecule has 0 N–H and O–H groups in total. The summed E-state index contributed by atoms with van der Waals surface area (Å²) in [6.07, 6.45) is 9.70. The van der Waals surface area contributed by atoms with Gasteiger partial charge in [0.15, 0.2) is 5.82 Å². The molecular weight excluding hydrogens is 288 g/mol. The van der Waals surface area contributed by atoms with Crippen LogP contribution in [0.4, 0.5) is 10.6 Å². The Morgan fingerprint density at radius 3 is 2.48 bits per heavy atom. The highest BCUT2D eigenvalue weighted by molar-refractivity contribution is 5.90. The Balaban J connectivity index is 0.000000186. The van der Waals surface area contributed by atoms with Crippen LogP contribution in [0.1, 0.15) is 24.8 Å². The standard InChI is InChI=1S/C13H12N2O2.C6H4/c1-2-10-5-3-8-14-11(10)15-9-13(6-4-7-13)17-12(15)16;1-2-5-4-6(5)3-1/h1,3,5,8H,4,6-7,9H2;1-4H. The molecule has 4 nitrogen and oxygen atoms in total. The summed E-state index contributed by atoms with van der Waals surface area (Å²) in [6, 6.07) is 12.0. The van der Waals surface area contributed by atoms with Crippen molar-refractivity contribution in [3.63, 3.8) is 0 Å². The van der Waals surface area contributed by atoms with E-state index in [2.05, 4.69) is 35.2 Å². The van der Waals surface area contributed by atoms with Gasteiger partial charge < -0.3 is 4.74 Å². The molecule has 1 saturated carbocycles. The lowest BCUT2D eigenvalue weighted by atomic mass is 9.80. The molecule has 1 spiro atoms. The van der Waals surface area contributed by atoms with Gasteiger partial charge in [0, 0.05) is 6.20 Å². The first-order chi connectivity index (χ1) is 11.2. The smallest absolute Gasteiger partial charge is 0.416 e. The van der Waals surface area contributed by atoms with Gasteiger partial charge in [-0.2, -0.15) is 0 Å². The van der Waals surface area contributed by atoms with Crippen LogP contribution in [-0.2, 0) is 4.74 Å². The molecule has 1 saturated heterocycles. The Labute approximate surface area is 135 Å². The van der Waals surface area contributed by atoms with Crippen LogP contribution >= 0.6 is 0 Å². The molecule has 1 aromatic rings. The van der Waals surface area contributed by atoms with Crippen molar-refractivity contribution in [2.24, 2.45) is 0 Å². The summed E-state index contributed by atoms with van der Waals surface area (Å²) in [7, 11) is 0. The summed E-state index contributed by atoms with van der Waals surface area (Å²) in [5.74, 6) is 3.08. The number of nitrogens with zero attached hydrogens (tertiary/aromatic N) is 2. The fraction of sp³-hybridized carbons (Fsp3) is 0.263. The van der Waals surface area contributed by atoms with E-state index in [4.69, 9.17) is 11.2 Å². The molecule has 2 heterocycles. The monoisotopic (exact) mass is 304 g/mol. The van der Waals surface area contributed by atoms with Crippen molar-refractivity contribution in [1.82, 2.24) is 4.98 Å². The average Bonchev–Trinajstić information content (AvgIpc) is 2.98. The minimum Gasteiger partial charge on any atom is -0.441 e. The second kappa shape index (κ2) is 5.13. The molecule has 0 unspecified atom stereocenters. The van der Waals surface area contributed by atoms with Gasteiger partial charge in [-0.05, 0) is 48.6 Å². The minimum absolute atomic E-state index is 0.277. The predicted octanol–water partition coefficient (Wildman–Crippen LogP) is 3.61. The van der Waals surface area contributed by atoms with Crippen LogP contribution in [0.25, 0.3) is 11.1 Å². The van der Waals surface area contributed by atoms with Crippen LogP contribution in [0.15, 0.2) is 42.6 Å². The van der Waals surface area contributed by atoms with E-state index in [1.807, 2.05) is 0 Å². The zero-order valence-corrected chi connectivity index (χ0v) is 12.7. The first kappa shape index (κ1) is 13.8. The van der Waals surface area contributed by atoms with E-state index in [9.17, 15) is 4.79 Å². The van der Waals surface area contributed by atoms with Crippen LogP contribution in [0.2, 0.25) is 0 Å². The van der Waals surface area contributed by atoms with Gasteiger partial charge in [0.1, 0.15) is 5.60 Å². The number of ether oxygens (including phenoxy) is 1. The summed E-state index contributed by atoms with van der Waals surface area (Å²) in [5, 5.41) is 0. The van der Waals surface area contributed by atoms with Gasteiger partial charge in [0.2, 0.25) is 0 Å². The van der Waals surface area contributed by atoms with Gasteiger partial charge in [-0.3, -0.25) is 4.90 Å². The highest BCUT2D eigenvalue weighted by Crippen LogP contribution is 2.42. The summed E-state index contributed by atoms with van der Waals surface area (Å²) in [6.45, 7) is 0.567. The third-order valence-corrected chi connectivity index (χ3v) is 4.55. The molecule has 2 fully saturated rings. The van der Waals surface area contributed by atoms with Crippen LogP contribution in [-0.4, -0.2) is 23.2 Å². The second-order valence-corrected chi connectivity index (χ2v) is 6.09. The number of hydrogen-bond acceptors (Lipinski definition) is 3. The number of anilines is 1. The van der Waals surface area contributed by atoms with Crippen molar-refractivity contribution in [3.8, 4) is 23.5 Å². The zero-order valence-electron chi connectivity index (χ0n) is 12.7. The van der Waals surface area contributed by atoms with Gasteiger partial charge in [-0.25, -0.2) is 9.78 Å². The number of pyridine rings is 1. The SMILES string of the molecule is C#Cc1cccnc1N1CC2(CCC2)OC1=O.c1cc2cc-2c1. The van der Waals surface area contributed by atoms with E-state index < -0.39 is 0 Å². The molecule has 0 atom stereocenters. The molecule has 0 radical (unpaired) electrons. The van der Waals surface area contributed by atoms with E-state index in [0.29, 0.717) is 17.9 Å². The quantitative estimate of drug-likeness (QED) is 0.645. The molecule has 1 amide bonds. The number of terminal acetylenes is 1. The number of rotatable bonds is 1. The van der Waals surface area contributed by atoms with Gasteiger partial charge in [-0.15, -0.1) is 6.42 Å². The lowest BCUT2D eigenvalue weighted by Gasteiger charge is -2.35. The fourth-order valence-corrected chi connectivity index (χ4v) is 3.02. The lowest BCUT2D eigenvalue weighted by Crippen LogP contribution is -2.41. The van der Waals surface area contributed by atoms with Gasteiger partial charge in [0.05, 0.1) is 12.1 Å². The molecular formula is C19H16N2O2. The third kappa shape index (κ3) is 2.44. The highest BCUT2D eigenvalue weighted by atomic mass is 16.6. The Morgan fingerprint density at radius 2 is 2.00 bits per heavy atom. The summed E-state index contributed by atoms with van der Waals surface area (Å²) in [5.41, 5.74) is 3.20. The lowest BCUT2D eigenvalue weighted by molar-refractivity contribution is -0.00650. The fourth-order valence-electron chi connectivity index (χ4n) is 3.02. The van der Waals surface area contributed by atoms with E-state index >= 15 is 0 Å². The molecule has 4 aliphatic rings. The molecule has 0 aromatic carbocycles. The van der Waals surface area contributed by atoms with Crippen molar-refractivity contribution in [3.05, 3.63) is 48.2 Å². The molecule has 0 bridgehead atoms. The van der Waals surface area contributed by atoms with E-state index in [-0.39, 0.29) is 11.7 Å². The second-order valence-electron chi connectivity index (χ2n) is 6.09. The molecule has 5 rings (SSSR count). The summed E-state index contributed by atoms with van der Waals surface area (Å²) >= 11 is 0. The number of carbonyl (C=O) groups excluding carboxylic acids is 1. The van der Waals surface area contributed by atoms with Crippen LogP contribution < -0.4 is 4.90 Å². The molecule has 1 aliphatic heterocycles. The minimum atomic E-state index is -0.333. The third-order valence-electron chi connectivity index (χ3n) is 4.55. The summed E-state index contributed by atoms with van der Waals surface area (Å²) in [4.78, 5) is 17.6. The van der Waals surface area contributed by atoms with E-state index in [0.717, 1.165) is 19.3 Å². The van der Waals surface area contributed by atoms with Gasteiger partial charge >= 0.3 is 6.09 Å². The van der Waals surface area contributed by atoms with Crippen molar-refractivity contribution >= 4 is 11.9 Å². The predicted molar refractivity (Wildman–Crippen MR) is 88.0 cm³/mol. The number of hydrogen-bond donors (Lipinski definition) is 0. The number of amides is 1. The maximum Gasteiger partial charge on any atom is 0.416 e. The van der Waals surface area contributed by atoms with Crippen LogP contribution in [0.5, 0.6) is 0 Å². The topological polar surface area (TPSA) is 42.4 Å². The molecule has 114 valence electrons. The number of fused-ring (bicyclic) bond motifs is 1. The number of aromatic nitrogens is 1. The molecule has 3 aliphatic carbocycles. The zero-order chi connectivity index (χ0) is 15.9. The van der Waals surface area contributed by atoms with E-state index in [1.165, 1.54) is 11.1 Å². The largest absolute Gasteiger partial charge is 0.441 e. The van der Waals surface area contributed by atoms with Crippen molar-refractivity contribution in [2.45, 2.75) is 24.9 Å². The molecule has 4 heteroatoms. The Kier molecular flexibility index (Phi) is 3.09. The van der Waals surface area contributed by atoms with Crippen molar-refractivity contribution in [2.75, 3.05) is 11.4 Å². The summed E-state index contributed by atoms with van der Waals surface area (Å²) < 4.78 is 5.43. The Morgan fingerprint density at radius 1 is 1.22 bits per heavy atom. The Hall–Kier alpha value is -2.80. The average molecular weight is 304 g/mol.